The first-order valence-corrected chi connectivity index (χ1v) is 9.66. The molecule has 1 aromatic heterocycles. The molecule has 10 heteroatoms. The van der Waals surface area contributed by atoms with Crippen molar-refractivity contribution >= 4 is 31.6 Å². The van der Waals surface area contributed by atoms with Crippen LogP contribution in [0.15, 0.2) is 58.4 Å². The second-order valence-electron chi connectivity index (χ2n) is 5.44. The summed E-state index contributed by atoms with van der Waals surface area (Å²) in [5.74, 6) is 0. The molecule has 0 fully saturated rings. The molecule has 3 N–H and O–H groups in total. The van der Waals surface area contributed by atoms with Gasteiger partial charge in [-0.15, -0.1) is 10.2 Å². The second-order valence-corrected chi connectivity index (χ2v) is 7.88. The topological polar surface area (TPSA) is 127 Å². The maximum Gasteiger partial charge on any atom is 0.238 e. The Hall–Kier alpha value is -2.74. The number of nitriles is 1. The van der Waals surface area contributed by atoms with E-state index in [-0.39, 0.29) is 11.3 Å². The number of nitrogens with two attached hydrogens (primary N) is 1. The summed E-state index contributed by atoms with van der Waals surface area (Å²) in [4.78, 5) is 0.0212. The smallest absolute Gasteiger partial charge is 0.238 e. The molecule has 132 valence electrons. The molecule has 26 heavy (non-hydrogen) atoms. The Morgan fingerprint density at radius 3 is 2.54 bits per heavy atom. The van der Waals surface area contributed by atoms with E-state index in [0.717, 1.165) is 0 Å². The van der Waals surface area contributed by atoms with Gasteiger partial charge in [-0.05, 0) is 41.5 Å². The predicted octanol–water partition coefficient (Wildman–Crippen LogP) is 2.03. The highest BCUT2D eigenvalue weighted by atomic mass is 79.9. The lowest BCUT2D eigenvalue weighted by Gasteiger charge is -2.12. The Labute approximate surface area is 158 Å². The summed E-state index contributed by atoms with van der Waals surface area (Å²) in [6.45, 7) is 0. The molecule has 0 amide bonds. The standard InChI is InChI=1S/C16H13BrN6O2S/c17-14-3-1-11(16(7-14)26(19,24)25)5-13-6-15(4-2-12(13)8-18)22-23-9-20-21-10-23/h1-4,6-7,9-10,22H,5H2,(H2,19,24,25). The largest absolute Gasteiger partial charge is 0.292 e. The third kappa shape index (κ3) is 4.08. The highest BCUT2D eigenvalue weighted by Crippen LogP contribution is 2.25. The number of nitrogens with one attached hydrogen (secondary N) is 1. The fraction of sp³-hybridized carbons (Fsp3) is 0.0625. The summed E-state index contributed by atoms with van der Waals surface area (Å²) < 4.78 is 25.9. The number of benzene rings is 2. The first-order valence-electron chi connectivity index (χ1n) is 7.33. The Morgan fingerprint density at radius 2 is 1.88 bits per heavy atom. The van der Waals surface area contributed by atoms with Gasteiger partial charge >= 0.3 is 0 Å². The lowest BCUT2D eigenvalue weighted by atomic mass is 9.99. The van der Waals surface area contributed by atoms with Crippen molar-refractivity contribution in [3.8, 4) is 6.07 Å². The Morgan fingerprint density at radius 1 is 1.15 bits per heavy atom. The van der Waals surface area contributed by atoms with Crippen molar-refractivity contribution in [3.05, 3.63) is 70.2 Å². The van der Waals surface area contributed by atoms with Crippen LogP contribution >= 0.6 is 15.9 Å². The van der Waals surface area contributed by atoms with E-state index in [1.54, 1.807) is 35.0 Å². The molecule has 0 aliphatic rings. The highest BCUT2D eigenvalue weighted by Gasteiger charge is 2.16. The molecule has 0 unspecified atom stereocenters. The Balaban J connectivity index is 2.01. The van der Waals surface area contributed by atoms with Crippen LogP contribution < -0.4 is 10.6 Å². The summed E-state index contributed by atoms with van der Waals surface area (Å²) in [5.41, 5.74) is 5.37. The van der Waals surface area contributed by atoms with Crippen molar-refractivity contribution in [3.63, 3.8) is 0 Å². The van der Waals surface area contributed by atoms with Gasteiger partial charge in [-0.1, -0.05) is 22.0 Å². The summed E-state index contributed by atoms with van der Waals surface area (Å²) in [5, 5.41) is 22.1. The molecule has 8 nitrogen and oxygen atoms in total. The normalized spacial score (nSPS) is 11.1. The van der Waals surface area contributed by atoms with Crippen molar-refractivity contribution in [2.75, 3.05) is 5.43 Å². The monoisotopic (exact) mass is 432 g/mol. The third-order valence-electron chi connectivity index (χ3n) is 3.62. The quantitative estimate of drug-likeness (QED) is 0.634. The minimum Gasteiger partial charge on any atom is -0.292 e. The lowest BCUT2D eigenvalue weighted by molar-refractivity contribution is 0.597. The van der Waals surface area contributed by atoms with Gasteiger partial charge in [0.2, 0.25) is 10.0 Å². The van der Waals surface area contributed by atoms with E-state index < -0.39 is 10.0 Å². The molecule has 0 bridgehead atoms. The molecule has 0 aliphatic heterocycles. The molecule has 3 rings (SSSR count). The van der Waals surface area contributed by atoms with Crippen LogP contribution in [0.25, 0.3) is 0 Å². The van der Waals surface area contributed by atoms with Gasteiger partial charge in [-0.25, -0.2) is 18.2 Å². The molecule has 0 radical (unpaired) electrons. The van der Waals surface area contributed by atoms with Gasteiger partial charge in [0.25, 0.3) is 0 Å². The molecule has 0 aliphatic carbocycles. The average Bonchev–Trinajstić information content (AvgIpc) is 3.09. The number of anilines is 1. The minimum absolute atomic E-state index is 0.0212. The van der Waals surface area contributed by atoms with E-state index in [0.29, 0.717) is 26.9 Å². The molecule has 3 aromatic rings. The van der Waals surface area contributed by atoms with Crippen LogP contribution in [0.2, 0.25) is 0 Å². The fourth-order valence-corrected chi connectivity index (χ4v) is 3.78. The van der Waals surface area contributed by atoms with E-state index in [1.165, 1.54) is 18.7 Å². The summed E-state index contributed by atoms with van der Waals surface area (Å²) in [6.07, 6.45) is 3.22. The third-order valence-corrected chi connectivity index (χ3v) is 5.11. The zero-order valence-corrected chi connectivity index (χ0v) is 15.7. The lowest BCUT2D eigenvalue weighted by Crippen LogP contribution is -2.15. The van der Waals surface area contributed by atoms with Crippen molar-refractivity contribution in [1.29, 1.82) is 5.26 Å². The fourth-order valence-electron chi connectivity index (χ4n) is 2.47. The van der Waals surface area contributed by atoms with Crippen LogP contribution in [0.3, 0.4) is 0 Å². The summed E-state index contributed by atoms with van der Waals surface area (Å²) >= 11 is 3.25. The summed E-state index contributed by atoms with van der Waals surface area (Å²) in [7, 11) is -3.90. The Kier molecular flexibility index (Phi) is 5.03. The van der Waals surface area contributed by atoms with E-state index in [2.05, 4.69) is 37.6 Å². The number of rotatable bonds is 5. The van der Waals surface area contributed by atoms with Crippen molar-refractivity contribution in [1.82, 2.24) is 14.9 Å². The first-order chi connectivity index (χ1) is 12.4. The number of nitrogens with zero attached hydrogens (tertiary/aromatic N) is 4. The van der Waals surface area contributed by atoms with Gasteiger partial charge < -0.3 is 0 Å². The van der Waals surface area contributed by atoms with Gasteiger partial charge in [0.15, 0.2) is 0 Å². The number of primary sulfonamides is 1. The summed E-state index contributed by atoms with van der Waals surface area (Å²) in [6, 6.07) is 12.2. The number of hydrogen-bond donors (Lipinski definition) is 2. The van der Waals surface area contributed by atoms with Crippen LogP contribution in [0, 0.1) is 11.3 Å². The first kappa shape index (κ1) is 18.1. The number of halogens is 1. The van der Waals surface area contributed by atoms with Crippen LogP contribution in [0.4, 0.5) is 5.69 Å². The van der Waals surface area contributed by atoms with Gasteiger partial charge in [-0.3, -0.25) is 5.43 Å². The van der Waals surface area contributed by atoms with Gasteiger partial charge in [0.1, 0.15) is 12.7 Å². The van der Waals surface area contributed by atoms with Gasteiger partial charge in [0, 0.05) is 10.9 Å². The van der Waals surface area contributed by atoms with Crippen LogP contribution in [-0.4, -0.2) is 23.3 Å². The second kappa shape index (κ2) is 7.25. The zero-order chi connectivity index (χ0) is 18.7. The number of sulfonamides is 1. The van der Waals surface area contributed by atoms with Gasteiger partial charge in [-0.2, -0.15) is 5.26 Å². The van der Waals surface area contributed by atoms with Crippen molar-refractivity contribution in [2.45, 2.75) is 11.3 Å². The molecular formula is C16H13BrN6O2S. The van der Waals surface area contributed by atoms with Gasteiger partial charge in [0.05, 0.1) is 22.2 Å². The average molecular weight is 433 g/mol. The molecular weight excluding hydrogens is 420 g/mol. The maximum atomic E-state index is 11.9. The predicted molar refractivity (Wildman–Crippen MR) is 98.5 cm³/mol. The molecule has 0 spiro atoms. The molecule has 0 saturated carbocycles. The maximum absolute atomic E-state index is 11.9. The van der Waals surface area contributed by atoms with Crippen LogP contribution in [0.1, 0.15) is 16.7 Å². The minimum atomic E-state index is -3.90. The van der Waals surface area contributed by atoms with Crippen LogP contribution in [-0.2, 0) is 16.4 Å². The Bertz CT molecular complexity index is 1090. The number of aromatic nitrogens is 3. The van der Waals surface area contributed by atoms with E-state index in [1.807, 2.05) is 0 Å². The molecule has 2 aromatic carbocycles. The van der Waals surface area contributed by atoms with Crippen molar-refractivity contribution in [2.24, 2.45) is 5.14 Å². The molecule has 0 saturated heterocycles. The van der Waals surface area contributed by atoms with Crippen LogP contribution in [0.5, 0.6) is 0 Å². The molecule has 0 atom stereocenters. The van der Waals surface area contributed by atoms with Crippen molar-refractivity contribution < 1.29 is 8.42 Å². The zero-order valence-electron chi connectivity index (χ0n) is 13.3. The van der Waals surface area contributed by atoms with E-state index >= 15 is 0 Å². The SMILES string of the molecule is N#Cc1ccc(Nn2cnnc2)cc1Cc1ccc(Br)cc1S(N)(=O)=O. The van der Waals surface area contributed by atoms with E-state index in [4.69, 9.17) is 5.14 Å². The number of hydrogen-bond acceptors (Lipinski definition) is 6. The molecule has 1 heterocycles. The van der Waals surface area contributed by atoms with E-state index in [9.17, 15) is 13.7 Å². The highest BCUT2D eigenvalue weighted by molar-refractivity contribution is 9.10.